The summed E-state index contributed by atoms with van der Waals surface area (Å²) in [7, 11) is 0. The lowest BCUT2D eigenvalue weighted by Gasteiger charge is -2.25. The highest BCUT2D eigenvalue weighted by Gasteiger charge is 2.32. The summed E-state index contributed by atoms with van der Waals surface area (Å²) in [4.78, 5) is 78.7. The number of carboxylic acids is 2. The number of primary amides is 1. The third kappa shape index (κ3) is 10.1. The monoisotopic (exact) mass is 511 g/mol. The van der Waals surface area contributed by atoms with Gasteiger partial charge in [0.2, 0.25) is 23.6 Å². The van der Waals surface area contributed by atoms with Crippen molar-refractivity contribution in [2.24, 2.45) is 17.4 Å². The van der Waals surface area contributed by atoms with Gasteiger partial charge in [0, 0.05) is 24.7 Å². The molecule has 15 nitrogen and oxygen atoms in total. The molecule has 4 amide bonds. The van der Waals surface area contributed by atoms with Crippen molar-refractivity contribution in [1.82, 2.24) is 25.9 Å². The molecule has 0 saturated carbocycles. The first-order valence-electron chi connectivity index (χ1n) is 11.2. The molecule has 1 aromatic rings. The number of aliphatic carboxylic acids is 2. The summed E-state index contributed by atoms with van der Waals surface area (Å²) >= 11 is 0. The third-order valence-electron chi connectivity index (χ3n) is 5.47. The van der Waals surface area contributed by atoms with E-state index in [1.807, 2.05) is 6.92 Å². The summed E-state index contributed by atoms with van der Waals surface area (Å²) in [6, 6.07) is -5.33. The van der Waals surface area contributed by atoms with E-state index >= 15 is 0 Å². The van der Waals surface area contributed by atoms with E-state index in [1.165, 1.54) is 12.5 Å². The van der Waals surface area contributed by atoms with Gasteiger partial charge in [-0.2, -0.15) is 0 Å². The lowest BCUT2D eigenvalue weighted by Crippen LogP contribution is -2.58. The third-order valence-corrected chi connectivity index (χ3v) is 5.47. The number of nitrogens with zero attached hydrogens (tertiary/aromatic N) is 1. The highest BCUT2D eigenvalue weighted by atomic mass is 16.4. The van der Waals surface area contributed by atoms with Gasteiger partial charge in [0.15, 0.2) is 0 Å². The minimum Gasteiger partial charge on any atom is -0.481 e. The van der Waals surface area contributed by atoms with E-state index in [4.69, 9.17) is 16.6 Å². The number of carbonyl (C=O) groups excluding carboxylic acids is 4. The minimum atomic E-state index is -1.59. The van der Waals surface area contributed by atoms with Gasteiger partial charge in [-0.3, -0.25) is 24.0 Å². The first kappa shape index (κ1) is 30.0. The van der Waals surface area contributed by atoms with Gasteiger partial charge in [-0.05, 0) is 12.3 Å². The van der Waals surface area contributed by atoms with E-state index in [0.717, 1.165) is 0 Å². The molecule has 0 aliphatic carbocycles. The average Bonchev–Trinajstić information content (AvgIpc) is 3.31. The van der Waals surface area contributed by atoms with Crippen molar-refractivity contribution in [3.8, 4) is 0 Å². The lowest BCUT2D eigenvalue weighted by molar-refractivity contribution is -0.143. The SMILES string of the molecule is CCC(C)C(N)C(=O)NC(Cc1cnc[nH]1)C(=O)NC(CC(N)=O)C(=O)NC(CCC(=O)O)C(=O)O. The van der Waals surface area contributed by atoms with Crippen molar-refractivity contribution < 1.29 is 39.0 Å². The summed E-state index contributed by atoms with van der Waals surface area (Å²) in [5, 5.41) is 25.0. The first-order chi connectivity index (χ1) is 16.8. The Kier molecular flexibility index (Phi) is 12.0. The van der Waals surface area contributed by atoms with Crippen LogP contribution in [0.4, 0.5) is 0 Å². The molecule has 0 radical (unpaired) electrons. The number of hydrogen-bond acceptors (Lipinski definition) is 8. The number of aromatic nitrogens is 2. The van der Waals surface area contributed by atoms with Gasteiger partial charge < -0.3 is 42.6 Å². The van der Waals surface area contributed by atoms with Crippen LogP contribution in [-0.4, -0.2) is 79.9 Å². The second-order valence-electron chi connectivity index (χ2n) is 8.32. The van der Waals surface area contributed by atoms with Crippen LogP contribution in [-0.2, 0) is 35.2 Å². The van der Waals surface area contributed by atoms with Crippen molar-refractivity contribution in [3.05, 3.63) is 18.2 Å². The second kappa shape index (κ2) is 14.4. The number of nitrogens with one attached hydrogen (secondary N) is 4. The van der Waals surface area contributed by atoms with E-state index in [-0.39, 0.29) is 12.3 Å². The smallest absolute Gasteiger partial charge is 0.326 e. The molecule has 0 saturated heterocycles. The summed E-state index contributed by atoms with van der Waals surface area (Å²) in [5.41, 5.74) is 11.6. The molecule has 36 heavy (non-hydrogen) atoms. The fourth-order valence-corrected chi connectivity index (χ4v) is 3.09. The molecule has 1 rings (SSSR count). The molecule has 200 valence electrons. The zero-order valence-corrected chi connectivity index (χ0v) is 20.0. The largest absolute Gasteiger partial charge is 0.481 e. The highest BCUT2D eigenvalue weighted by molar-refractivity contribution is 5.96. The van der Waals surface area contributed by atoms with Crippen LogP contribution in [0.2, 0.25) is 0 Å². The lowest BCUT2D eigenvalue weighted by atomic mass is 9.98. The maximum absolute atomic E-state index is 13.1. The van der Waals surface area contributed by atoms with Crippen LogP contribution in [0.15, 0.2) is 12.5 Å². The summed E-state index contributed by atoms with van der Waals surface area (Å²) < 4.78 is 0. The molecule has 0 spiro atoms. The van der Waals surface area contributed by atoms with Crippen LogP contribution in [0.5, 0.6) is 0 Å². The van der Waals surface area contributed by atoms with Crippen molar-refractivity contribution >= 4 is 35.6 Å². The molecule has 10 N–H and O–H groups in total. The topological polar surface area (TPSA) is 260 Å². The Morgan fingerprint density at radius 3 is 2.08 bits per heavy atom. The summed E-state index contributed by atoms with van der Waals surface area (Å²) in [6.45, 7) is 3.62. The van der Waals surface area contributed by atoms with Crippen LogP contribution < -0.4 is 27.4 Å². The Hall–Kier alpha value is -4.01. The highest BCUT2D eigenvalue weighted by Crippen LogP contribution is 2.08. The van der Waals surface area contributed by atoms with Gasteiger partial charge >= 0.3 is 11.9 Å². The predicted molar refractivity (Wildman–Crippen MR) is 124 cm³/mol. The molecule has 0 aliphatic heterocycles. The molecule has 0 aliphatic rings. The summed E-state index contributed by atoms with van der Waals surface area (Å²) in [5.74, 6) is -6.48. The van der Waals surface area contributed by atoms with E-state index in [9.17, 15) is 33.9 Å². The van der Waals surface area contributed by atoms with Crippen molar-refractivity contribution in [1.29, 1.82) is 0 Å². The van der Waals surface area contributed by atoms with Gasteiger partial charge in [0.1, 0.15) is 18.1 Å². The van der Waals surface area contributed by atoms with Gasteiger partial charge in [0.25, 0.3) is 0 Å². The number of amides is 4. The zero-order valence-electron chi connectivity index (χ0n) is 20.0. The van der Waals surface area contributed by atoms with Gasteiger partial charge in [0.05, 0.1) is 18.8 Å². The van der Waals surface area contributed by atoms with E-state index in [1.54, 1.807) is 6.92 Å². The first-order valence-corrected chi connectivity index (χ1v) is 11.2. The van der Waals surface area contributed by atoms with Crippen molar-refractivity contribution in [3.63, 3.8) is 0 Å². The number of carbonyl (C=O) groups is 6. The van der Waals surface area contributed by atoms with Gasteiger partial charge in [-0.1, -0.05) is 20.3 Å². The number of aromatic amines is 1. The summed E-state index contributed by atoms with van der Waals surface area (Å²) in [6.07, 6.45) is 1.68. The van der Waals surface area contributed by atoms with E-state index in [0.29, 0.717) is 12.1 Å². The maximum Gasteiger partial charge on any atom is 0.326 e. The number of carboxylic acid groups (broad SMARTS) is 2. The Labute approximate surface area is 206 Å². The standard InChI is InChI=1S/C21H33N7O8/c1-3-10(2)17(23)20(34)28-13(6-11-8-24-9-25-11)18(32)27-14(7-15(22)29)19(33)26-12(21(35)36)4-5-16(30)31/h8-10,12-14,17H,3-7,23H2,1-2H3,(H2,22,29)(H,24,25)(H,26,33)(H,27,32)(H,28,34)(H,30,31)(H,35,36). The molecule has 0 aromatic carbocycles. The molecule has 15 heteroatoms. The van der Waals surface area contributed by atoms with E-state index in [2.05, 4.69) is 25.9 Å². The van der Waals surface area contributed by atoms with Crippen LogP contribution in [0.25, 0.3) is 0 Å². The fraction of sp³-hybridized carbons (Fsp3) is 0.571. The average molecular weight is 512 g/mol. The van der Waals surface area contributed by atoms with Crippen LogP contribution >= 0.6 is 0 Å². The Balaban J connectivity index is 3.07. The maximum atomic E-state index is 13.1. The molecule has 1 heterocycles. The Morgan fingerprint density at radius 2 is 1.58 bits per heavy atom. The van der Waals surface area contributed by atoms with Crippen LogP contribution in [0.1, 0.15) is 45.2 Å². The normalized spacial score (nSPS) is 15.0. The van der Waals surface area contributed by atoms with Gasteiger partial charge in [-0.15, -0.1) is 0 Å². The Bertz CT molecular complexity index is 937. The zero-order chi connectivity index (χ0) is 27.4. The van der Waals surface area contributed by atoms with Crippen LogP contribution in [0, 0.1) is 5.92 Å². The number of imidazole rings is 1. The van der Waals surface area contributed by atoms with Gasteiger partial charge in [-0.25, -0.2) is 9.78 Å². The van der Waals surface area contributed by atoms with Crippen LogP contribution in [0.3, 0.4) is 0 Å². The molecule has 5 unspecified atom stereocenters. The quantitative estimate of drug-likeness (QED) is 0.117. The number of H-pyrrole nitrogens is 1. The van der Waals surface area contributed by atoms with Crippen molar-refractivity contribution in [2.45, 2.75) is 70.1 Å². The molecule has 1 aromatic heterocycles. The molecule has 0 bridgehead atoms. The second-order valence-corrected chi connectivity index (χ2v) is 8.32. The molecular formula is C21H33N7O8. The number of nitrogens with two attached hydrogens (primary N) is 2. The van der Waals surface area contributed by atoms with Crippen molar-refractivity contribution in [2.75, 3.05) is 0 Å². The van der Waals surface area contributed by atoms with E-state index < -0.39 is 79.0 Å². The predicted octanol–water partition coefficient (Wildman–Crippen LogP) is -2.40. The molecule has 5 atom stereocenters. The fourth-order valence-electron chi connectivity index (χ4n) is 3.09. The number of hydrogen-bond donors (Lipinski definition) is 8. The molecular weight excluding hydrogens is 478 g/mol. The molecule has 0 fully saturated rings. The number of rotatable bonds is 16. The minimum absolute atomic E-state index is 0.0634. The Morgan fingerprint density at radius 1 is 1.00 bits per heavy atom.